The number of aromatic nitrogens is 4. The molecule has 0 aliphatic carbocycles. The maximum Gasteiger partial charge on any atom is 0.410 e. The molecular formula is C19H22FN5O4. The summed E-state index contributed by atoms with van der Waals surface area (Å²) in [5.74, 6) is -2.30. The molecule has 2 aromatic rings. The number of hydrogen-bond donors (Lipinski definition) is 2. The van der Waals surface area contributed by atoms with Crippen LogP contribution in [0, 0.1) is 5.82 Å². The number of hydrogen-bond acceptors (Lipinski definition) is 6. The zero-order chi connectivity index (χ0) is 21.3. The molecule has 0 aromatic carbocycles. The van der Waals surface area contributed by atoms with Crippen molar-refractivity contribution in [1.29, 1.82) is 0 Å². The molecule has 3 rings (SSSR count). The third kappa shape index (κ3) is 4.41. The lowest BCUT2D eigenvalue weighted by molar-refractivity contribution is 0.0306. The SMILES string of the molecule is CC(c1cnc(C2=CCN(C(=O)OC(C)(C)C)C2)c(F)c1)c1n[nH]nc1C(=O)O. The molecule has 29 heavy (non-hydrogen) atoms. The van der Waals surface area contributed by atoms with Crippen LogP contribution in [0.2, 0.25) is 0 Å². The van der Waals surface area contributed by atoms with E-state index in [1.807, 2.05) is 0 Å². The van der Waals surface area contributed by atoms with Gasteiger partial charge in [0.05, 0.1) is 6.54 Å². The van der Waals surface area contributed by atoms with E-state index < -0.39 is 29.4 Å². The second-order valence-corrected chi connectivity index (χ2v) is 7.77. The molecule has 0 bridgehead atoms. The van der Waals surface area contributed by atoms with Gasteiger partial charge in [-0.05, 0) is 38.0 Å². The normalized spacial score (nSPS) is 15.2. The van der Waals surface area contributed by atoms with E-state index in [1.54, 1.807) is 33.8 Å². The van der Waals surface area contributed by atoms with Gasteiger partial charge in [-0.1, -0.05) is 13.0 Å². The first-order valence-electron chi connectivity index (χ1n) is 9.03. The molecule has 1 aliphatic rings. The molecule has 154 valence electrons. The Kier molecular flexibility index (Phi) is 5.36. The van der Waals surface area contributed by atoms with Gasteiger partial charge in [0.1, 0.15) is 22.8 Å². The van der Waals surface area contributed by atoms with Crippen LogP contribution in [0.1, 0.15) is 61.1 Å². The first-order valence-corrected chi connectivity index (χ1v) is 9.03. The molecule has 1 aliphatic heterocycles. The molecule has 2 N–H and O–H groups in total. The van der Waals surface area contributed by atoms with Crippen molar-refractivity contribution in [2.24, 2.45) is 0 Å². The summed E-state index contributed by atoms with van der Waals surface area (Å²) in [5, 5.41) is 18.9. The Morgan fingerprint density at radius 1 is 1.34 bits per heavy atom. The molecule has 0 radical (unpaired) electrons. The van der Waals surface area contributed by atoms with Crippen molar-refractivity contribution in [3.05, 3.63) is 46.8 Å². The number of H-pyrrole nitrogens is 1. The monoisotopic (exact) mass is 403 g/mol. The molecule has 9 nitrogen and oxygen atoms in total. The highest BCUT2D eigenvalue weighted by atomic mass is 19.1. The molecule has 2 aromatic heterocycles. The number of carboxylic acid groups (broad SMARTS) is 1. The number of nitrogens with zero attached hydrogens (tertiary/aromatic N) is 4. The Morgan fingerprint density at radius 2 is 2.07 bits per heavy atom. The Bertz CT molecular complexity index is 979. The van der Waals surface area contributed by atoms with E-state index in [0.717, 1.165) is 0 Å². The molecule has 1 unspecified atom stereocenters. The fourth-order valence-corrected chi connectivity index (χ4v) is 2.97. The molecule has 0 fully saturated rings. The highest BCUT2D eigenvalue weighted by Crippen LogP contribution is 2.28. The van der Waals surface area contributed by atoms with E-state index >= 15 is 0 Å². The molecule has 0 spiro atoms. The number of aromatic amines is 1. The maximum absolute atomic E-state index is 14.8. The third-order valence-corrected chi connectivity index (χ3v) is 4.43. The summed E-state index contributed by atoms with van der Waals surface area (Å²) in [6, 6.07) is 1.30. The Labute approximate surface area is 166 Å². The first kappa shape index (κ1) is 20.4. The second kappa shape index (κ2) is 7.61. The molecule has 3 heterocycles. The van der Waals surface area contributed by atoms with Gasteiger partial charge in [0.25, 0.3) is 0 Å². The van der Waals surface area contributed by atoms with E-state index in [9.17, 15) is 19.1 Å². The van der Waals surface area contributed by atoms with Crippen molar-refractivity contribution in [2.45, 2.75) is 39.2 Å². The lowest BCUT2D eigenvalue weighted by Gasteiger charge is -2.24. The van der Waals surface area contributed by atoms with Crippen molar-refractivity contribution < 1.29 is 23.8 Å². The fourth-order valence-electron chi connectivity index (χ4n) is 2.97. The van der Waals surface area contributed by atoms with Gasteiger partial charge in [-0.3, -0.25) is 4.98 Å². The van der Waals surface area contributed by atoms with Crippen LogP contribution in [-0.4, -0.2) is 61.2 Å². The maximum atomic E-state index is 14.8. The van der Waals surface area contributed by atoms with Crippen LogP contribution < -0.4 is 0 Å². The van der Waals surface area contributed by atoms with Crippen LogP contribution in [0.3, 0.4) is 0 Å². The summed E-state index contributed by atoms with van der Waals surface area (Å²) in [4.78, 5) is 29.1. The first-order chi connectivity index (χ1) is 13.6. The quantitative estimate of drug-likeness (QED) is 0.805. The van der Waals surface area contributed by atoms with E-state index in [-0.39, 0.29) is 23.6 Å². The van der Waals surface area contributed by atoms with Crippen LogP contribution in [0.4, 0.5) is 9.18 Å². The molecule has 10 heteroatoms. The van der Waals surface area contributed by atoms with Gasteiger partial charge in [0, 0.05) is 18.7 Å². The minimum absolute atomic E-state index is 0.144. The highest BCUT2D eigenvalue weighted by Gasteiger charge is 2.28. The predicted molar refractivity (Wildman–Crippen MR) is 101 cm³/mol. The highest BCUT2D eigenvalue weighted by molar-refractivity contribution is 5.86. The number of nitrogens with one attached hydrogen (secondary N) is 1. The summed E-state index contributed by atoms with van der Waals surface area (Å²) in [6.45, 7) is 7.54. The van der Waals surface area contributed by atoms with Gasteiger partial charge >= 0.3 is 12.1 Å². The fraction of sp³-hybridized carbons (Fsp3) is 0.421. The zero-order valence-corrected chi connectivity index (χ0v) is 16.6. The standard InChI is InChI=1S/C19H22FN5O4/c1-10(14-16(17(26)27)23-24-22-14)12-7-13(20)15(21-8-12)11-5-6-25(9-11)18(28)29-19(2,3)4/h5,7-8,10H,6,9H2,1-4H3,(H,26,27)(H,22,23,24). The lowest BCUT2D eigenvalue weighted by Crippen LogP contribution is -2.35. The lowest BCUT2D eigenvalue weighted by atomic mass is 9.97. The number of amides is 1. The average Bonchev–Trinajstić information content (AvgIpc) is 3.29. The number of aromatic carboxylic acids is 1. The van der Waals surface area contributed by atoms with Crippen LogP contribution in [0.5, 0.6) is 0 Å². The van der Waals surface area contributed by atoms with Crippen LogP contribution in [0.15, 0.2) is 18.3 Å². The number of halogens is 1. The second-order valence-electron chi connectivity index (χ2n) is 7.77. The summed E-state index contributed by atoms with van der Waals surface area (Å²) in [7, 11) is 0. The average molecular weight is 403 g/mol. The minimum atomic E-state index is -1.22. The van der Waals surface area contributed by atoms with Crippen molar-refractivity contribution in [3.63, 3.8) is 0 Å². The molecule has 0 saturated carbocycles. The van der Waals surface area contributed by atoms with Gasteiger partial charge < -0.3 is 14.7 Å². The van der Waals surface area contributed by atoms with E-state index in [0.29, 0.717) is 17.7 Å². The number of carbonyl (C=O) groups is 2. The number of ether oxygens (including phenoxy) is 1. The van der Waals surface area contributed by atoms with Crippen LogP contribution in [-0.2, 0) is 4.74 Å². The van der Waals surface area contributed by atoms with Crippen LogP contribution in [0.25, 0.3) is 5.57 Å². The summed E-state index contributed by atoms with van der Waals surface area (Å²) in [6.07, 6.45) is 2.74. The summed E-state index contributed by atoms with van der Waals surface area (Å²) < 4.78 is 20.1. The van der Waals surface area contributed by atoms with Crippen molar-refractivity contribution in [1.82, 2.24) is 25.3 Å². The molecule has 1 atom stereocenters. The van der Waals surface area contributed by atoms with E-state index in [2.05, 4.69) is 20.4 Å². The Balaban J connectivity index is 1.76. The molecule has 0 saturated heterocycles. The Hall–Kier alpha value is -3.30. The molecular weight excluding hydrogens is 381 g/mol. The zero-order valence-electron chi connectivity index (χ0n) is 16.6. The van der Waals surface area contributed by atoms with E-state index in [4.69, 9.17) is 4.74 Å². The van der Waals surface area contributed by atoms with Gasteiger partial charge in [-0.2, -0.15) is 10.3 Å². The Morgan fingerprint density at radius 3 is 2.69 bits per heavy atom. The molecule has 1 amide bonds. The smallest absolute Gasteiger partial charge is 0.410 e. The van der Waals surface area contributed by atoms with Gasteiger partial charge in [0.15, 0.2) is 5.69 Å². The van der Waals surface area contributed by atoms with E-state index in [1.165, 1.54) is 17.2 Å². The number of rotatable bonds is 4. The van der Waals surface area contributed by atoms with Crippen molar-refractivity contribution >= 4 is 17.6 Å². The largest absolute Gasteiger partial charge is 0.476 e. The van der Waals surface area contributed by atoms with Gasteiger partial charge in [-0.15, -0.1) is 5.10 Å². The van der Waals surface area contributed by atoms with Crippen molar-refractivity contribution in [3.8, 4) is 0 Å². The van der Waals surface area contributed by atoms with Gasteiger partial charge in [-0.25, -0.2) is 14.0 Å². The summed E-state index contributed by atoms with van der Waals surface area (Å²) in [5.41, 5.74) is 0.559. The number of carboxylic acids is 1. The van der Waals surface area contributed by atoms with Crippen LogP contribution >= 0.6 is 0 Å². The number of pyridine rings is 1. The predicted octanol–water partition coefficient (Wildman–Crippen LogP) is 2.82. The van der Waals surface area contributed by atoms with Gasteiger partial charge in [0.2, 0.25) is 0 Å². The summed E-state index contributed by atoms with van der Waals surface area (Å²) >= 11 is 0. The third-order valence-electron chi connectivity index (χ3n) is 4.43. The topological polar surface area (TPSA) is 121 Å². The number of carbonyl (C=O) groups excluding carboxylic acids is 1. The minimum Gasteiger partial charge on any atom is -0.476 e. The van der Waals surface area contributed by atoms with Crippen molar-refractivity contribution in [2.75, 3.05) is 13.1 Å².